The van der Waals surface area contributed by atoms with Gasteiger partial charge in [0.25, 0.3) is 0 Å². The zero-order chi connectivity index (χ0) is 20.0. The van der Waals surface area contributed by atoms with Gasteiger partial charge in [0.15, 0.2) is 5.82 Å². The van der Waals surface area contributed by atoms with Crippen LogP contribution in [0.5, 0.6) is 0 Å². The molecule has 10 heteroatoms. The Bertz CT molecular complexity index is 1080. The number of aliphatic carboxylic acids is 1. The summed E-state index contributed by atoms with van der Waals surface area (Å²) in [5, 5.41) is 9.04. The highest BCUT2D eigenvalue weighted by Crippen LogP contribution is 2.42. The average molecular weight is 441 g/mol. The van der Waals surface area contributed by atoms with E-state index >= 15 is 0 Å². The van der Waals surface area contributed by atoms with E-state index in [0.29, 0.717) is 20.6 Å². The van der Waals surface area contributed by atoms with Crippen LogP contribution in [0.1, 0.15) is 11.4 Å². The topological polar surface area (TPSA) is 70.5 Å². The van der Waals surface area contributed by atoms with Gasteiger partial charge in [0, 0.05) is 9.92 Å². The van der Waals surface area contributed by atoms with Crippen molar-refractivity contribution in [2.24, 2.45) is 0 Å². The molecule has 2 heterocycles. The number of hydrogen-bond donors (Lipinski definition) is 1. The first-order valence-corrected chi connectivity index (χ1v) is 10.1. The van der Waals surface area contributed by atoms with Gasteiger partial charge >= 0.3 is 5.97 Å². The van der Waals surface area contributed by atoms with Crippen molar-refractivity contribution in [3.63, 3.8) is 0 Å². The molecule has 1 aromatic heterocycles. The molecule has 1 unspecified atom stereocenters. The van der Waals surface area contributed by atoms with Crippen molar-refractivity contribution in [2.45, 2.75) is 23.1 Å². The number of amides is 1. The Morgan fingerprint density at radius 2 is 2.00 bits per heavy atom. The predicted octanol–water partition coefficient (Wildman–Crippen LogP) is 4.71. The summed E-state index contributed by atoms with van der Waals surface area (Å²) in [6.07, 6.45) is -0.342. The summed E-state index contributed by atoms with van der Waals surface area (Å²) in [6, 6.07) is 7.01. The van der Waals surface area contributed by atoms with Gasteiger partial charge in [-0.15, -0.1) is 23.1 Å². The third-order valence-electron chi connectivity index (χ3n) is 4.17. The van der Waals surface area contributed by atoms with Crippen LogP contribution < -0.4 is 4.90 Å². The number of anilines is 1. The van der Waals surface area contributed by atoms with E-state index in [1.54, 1.807) is 18.2 Å². The molecule has 4 rings (SSSR count). The van der Waals surface area contributed by atoms with Gasteiger partial charge in [-0.3, -0.25) is 9.59 Å². The number of benzene rings is 2. The van der Waals surface area contributed by atoms with Crippen LogP contribution in [0, 0.1) is 11.6 Å². The Labute approximate surface area is 170 Å². The van der Waals surface area contributed by atoms with Gasteiger partial charge in [-0.2, -0.15) is 0 Å². The molecule has 28 heavy (non-hydrogen) atoms. The second-order valence-corrected chi connectivity index (χ2v) is 8.82. The maximum atomic E-state index is 14.0. The van der Waals surface area contributed by atoms with Gasteiger partial charge < -0.3 is 10.0 Å². The summed E-state index contributed by atoms with van der Waals surface area (Å²) in [5.74, 6) is -2.74. The lowest BCUT2D eigenvalue weighted by atomic mass is 10.2. The van der Waals surface area contributed by atoms with Crippen molar-refractivity contribution in [2.75, 3.05) is 4.90 Å². The zero-order valence-corrected chi connectivity index (χ0v) is 16.4. The fraction of sp³-hybridized carbons (Fsp3) is 0.167. The van der Waals surface area contributed by atoms with Crippen LogP contribution in [0.25, 0.3) is 10.2 Å². The van der Waals surface area contributed by atoms with Crippen molar-refractivity contribution in [3.05, 3.63) is 52.0 Å². The molecule has 5 nitrogen and oxygen atoms in total. The highest BCUT2D eigenvalue weighted by atomic mass is 35.5. The Morgan fingerprint density at radius 1 is 1.25 bits per heavy atom. The minimum absolute atomic E-state index is 0.0406. The van der Waals surface area contributed by atoms with E-state index in [9.17, 15) is 18.4 Å². The van der Waals surface area contributed by atoms with E-state index in [1.807, 2.05) is 0 Å². The van der Waals surface area contributed by atoms with Crippen LogP contribution in [0.3, 0.4) is 0 Å². The summed E-state index contributed by atoms with van der Waals surface area (Å²) in [4.78, 5) is 30.3. The fourth-order valence-corrected chi connectivity index (χ4v) is 5.27. The third kappa shape index (κ3) is 3.45. The molecule has 1 aliphatic rings. The van der Waals surface area contributed by atoms with Crippen molar-refractivity contribution in [3.8, 4) is 0 Å². The SMILES string of the molecule is O=C(O)CC1Sc2ccc(Cl)cc2N(Cc2nc3c(F)ccc(F)c3s2)C1=O. The van der Waals surface area contributed by atoms with E-state index in [-0.39, 0.29) is 23.2 Å². The van der Waals surface area contributed by atoms with Crippen LogP contribution in [0.15, 0.2) is 35.2 Å². The van der Waals surface area contributed by atoms with E-state index in [2.05, 4.69) is 4.98 Å². The molecular formula is C18H11ClF2N2O3S2. The van der Waals surface area contributed by atoms with Crippen molar-refractivity contribution in [1.29, 1.82) is 0 Å². The predicted molar refractivity (Wildman–Crippen MR) is 104 cm³/mol. The number of halogens is 3. The molecule has 0 saturated heterocycles. The maximum absolute atomic E-state index is 14.0. The number of rotatable bonds is 4. The molecule has 2 aromatic carbocycles. The van der Waals surface area contributed by atoms with Gasteiger partial charge in [-0.05, 0) is 30.3 Å². The van der Waals surface area contributed by atoms with E-state index in [4.69, 9.17) is 16.7 Å². The first-order chi connectivity index (χ1) is 13.3. The number of nitrogens with zero attached hydrogens (tertiary/aromatic N) is 2. The number of carboxylic acids is 1. The van der Waals surface area contributed by atoms with Crippen molar-refractivity contribution in [1.82, 2.24) is 4.98 Å². The minimum atomic E-state index is -1.09. The lowest BCUT2D eigenvalue weighted by Gasteiger charge is -2.32. The van der Waals surface area contributed by atoms with Crippen LogP contribution in [-0.2, 0) is 16.1 Å². The van der Waals surface area contributed by atoms with Gasteiger partial charge in [0.2, 0.25) is 5.91 Å². The monoisotopic (exact) mass is 440 g/mol. The van der Waals surface area contributed by atoms with Crippen LogP contribution in [-0.4, -0.2) is 27.2 Å². The number of carbonyl (C=O) groups is 2. The Hall–Kier alpha value is -2.23. The first-order valence-electron chi connectivity index (χ1n) is 8.06. The summed E-state index contributed by atoms with van der Waals surface area (Å²) < 4.78 is 28.0. The second kappa shape index (κ2) is 7.31. The second-order valence-electron chi connectivity index (χ2n) is 6.06. The number of fused-ring (bicyclic) bond motifs is 2. The molecule has 0 fully saturated rings. The summed E-state index contributed by atoms with van der Waals surface area (Å²) in [5.41, 5.74) is 0.427. The number of carboxylic acid groups (broad SMARTS) is 1. The standard InChI is InChI=1S/C18H11ClF2N2O3S2/c19-8-1-4-12-11(5-8)23(18(26)13(27-12)6-15(24)25)7-14-22-16-9(20)2-3-10(21)17(16)28-14/h1-5,13H,6-7H2,(H,24,25). The van der Waals surface area contributed by atoms with Gasteiger partial charge in [-0.1, -0.05) is 11.6 Å². The van der Waals surface area contributed by atoms with Crippen LogP contribution in [0.2, 0.25) is 5.02 Å². The largest absolute Gasteiger partial charge is 0.481 e. The average Bonchev–Trinajstić information content (AvgIpc) is 3.07. The molecule has 0 bridgehead atoms. The van der Waals surface area contributed by atoms with Crippen LogP contribution >= 0.6 is 34.7 Å². The summed E-state index contributed by atoms with van der Waals surface area (Å²) in [7, 11) is 0. The Kier molecular flexibility index (Phi) is 4.98. The normalized spacial score (nSPS) is 16.5. The molecule has 1 atom stereocenters. The van der Waals surface area contributed by atoms with E-state index < -0.39 is 28.8 Å². The van der Waals surface area contributed by atoms with E-state index in [0.717, 1.165) is 35.2 Å². The van der Waals surface area contributed by atoms with Gasteiger partial charge in [-0.25, -0.2) is 13.8 Å². The lowest BCUT2D eigenvalue weighted by Crippen LogP contribution is -2.41. The number of carbonyl (C=O) groups excluding carboxylic acids is 1. The molecule has 1 amide bonds. The van der Waals surface area contributed by atoms with Gasteiger partial charge in [0.05, 0.1) is 28.6 Å². The van der Waals surface area contributed by atoms with Crippen molar-refractivity contribution < 1.29 is 23.5 Å². The van der Waals surface area contributed by atoms with E-state index in [1.165, 1.54) is 4.90 Å². The Morgan fingerprint density at radius 3 is 2.71 bits per heavy atom. The molecular weight excluding hydrogens is 430 g/mol. The zero-order valence-electron chi connectivity index (χ0n) is 14.0. The van der Waals surface area contributed by atoms with Crippen molar-refractivity contribution >= 4 is 62.5 Å². The Balaban J connectivity index is 1.76. The first kappa shape index (κ1) is 19.1. The molecule has 0 saturated carbocycles. The fourth-order valence-electron chi connectivity index (χ4n) is 2.94. The number of hydrogen-bond acceptors (Lipinski definition) is 5. The molecule has 0 radical (unpaired) electrons. The highest BCUT2D eigenvalue weighted by molar-refractivity contribution is 8.01. The third-order valence-corrected chi connectivity index (χ3v) is 6.70. The smallest absolute Gasteiger partial charge is 0.305 e. The molecule has 0 spiro atoms. The quantitative estimate of drug-likeness (QED) is 0.636. The number of thioether (sulfide) groups is 1. The number of aromatic nitrogens is 1. The lowest BCUT2D eigenvalue weighted by molar-refractivity contribution is -0.138. The minimum Gasteiger partial charge on any atom is -0.481 e. The number of thiazole rings is 1. The molecule has 144 valence electrons. The molecule has 1 N–H and O–H groups in total. The van der Waals surface area contributed by atoms with Crippen LogP contribution in [0.4, 0.5) is 14.5 Å². The molecule has 3 aromatic rings. The molecule has 0 aliphatic carbocycles. The summed E-state index contributed by atoms with van der Waals surface area (Å²) in [6.45, 7) is -0.0406. The highest BCUT2D eigenvalue weighted by Gasteiger charge is 2.35. The molecule has 1 aliphatic heterocycles. The van der Waals surface area contributed by atoms with Gasteiger partial charge in [0.1, 0.15) is 16.3 Å². The maximum Gasteiger partial charge on any atom is 0.305 e. The summed E-state index contributed by atoms with van der Waals surface area (Å²) >= 11 is 8.18.